The molecule has 2 amide bonds. The molecule has 0 aromatic heterocycles. The van der Waals surface area contributed by atoms with E-state index in [0.717, 1.165) is 11.1 Å². The van der Waals surface area contributed by atoms with Crippen LogP contribution in [0.3, 0.4) is 0 Å². The van der Waals surface area contributed by atoms with E-state index in [1.165, 1.54) is 18.2 Å². The molecule has 0 radical (unpaired) electrons. The van der Waals surface area contributed by atoms with E-state index >= 15 is 0 Å². The maximum absolute atomic E-state index is 13.2. The van der Waals surface area contributed by atoms with E-state index in [2.05, 4.69) is 10.6 Å². The van der Waals surface area contributed by atoms with Gasteiger partial charge < -0.3 is 10.6 Å². The Morgan fingerprint density at radius 3 is 2.30 bits per heavy atom. The lowest BCUT2D eigenvalue weighted by atomic mass is 10.1. The quantitative estimate of drug-likeness (QED) is 0.699. The number of aryl methyl sites for hydroxylation is 1. The second-order valence-corrected chi connectivity index (χ2v) is 6.20. The molecule has 136 valence electrons. The molecule has 0 aliphatic rings. The van der Waals surface area contributed by atoms with Crippen molar-refractivity contribution in [2.24, 2.45) is 0 Å². The second kappa shape index (κ2) is 8.27. The Bertz CT molecular complexity index is 985. The van der Waals surface area contributed by atoms with Crippen LogP contribution in [-0.4, -0.2) is 11.8 Å². The molecule has 5 heteroatoms. The number of rotatable bonds is 5. The fourth-order valence-electron chi connectivity index (χ4n) is 2.69. The SMILES string of the molecule is Cc1ccccc1CC(=O)Nc1cccc(C(=O)Nc2cccc(F)c2)c1. The minimum atomic E-state index is -0.426. The molecule has 3 rings (SSSR count). The van der Waals surface area contributed by atoms with Gasteiger partial charge in [0.2, 0.25) is 5.91 Å². The van der Waals surface area contributed by atoms with E-state index in [9.17, 15) is 14.0 Å². The molecule has 0 saturated carbocycles. The Labute approximate surface area is 157 Å². The van der Waals surface area contributed by atoms with Crippen LogP contribution in [0.15, 0.2) is 72.8 Å². The maximum atomic E-state index is 13.2. The summed E-state index contributed by atoms with van der Waals surface area (Å²) in [6.07, 6.45) is 0.256. The molecule has 0 spiro atoms. The minimum absolute atomic E-state index is 0.160. The van der Waals surface area contributed by atoms with Gasteiger partial charge >= 0.3 is 0 Å². The van der Waals surface area contributed by atoms with Crippen molar-refractivity contribution in [2.45, 2.75) is 13.3 Å². The Morgan fingerprint density at radius 1 is 0.852 bits per heavy atom. The van der Waals surface area contributed by atoms with E-state index in [-0.39, 0.29) is 18.2 Å². The zero-order valence-corrected chi connectivity index (χ0v) is 14.8. The standard InChI is InChI=1S/C22H19FN2O2/c1-15-6-2-3-7-16(15)13-21(26)24-19-10-4-8-17(12-19)22(27)25-20-11-5-9-18(23)14-20/h2-12,14H,13H2,1H3,(H,24,26)(H,25,27). The number of benzene rings is 3. The van der Waals surface area contributed by atoms with Crippen LogP contribution in [0.25, 0.3) is 0 Å². The summed E-state index contributed by atoms with van der Waals surface area (Å²) in [5, 5.41) is 5.44. The highest BCUT2D eigenvalue weighted by atomic mass is 19.1. The number of anilines is 2. The smallest absolute Gasteiger partial charge is 0.255 e. The molecule has 0 heterocycles. The number of amides is 2. The third kappa shape index (κ3) is 5.01. The van der Waals surface area contributed by atoms with Gasteiger partial charge in [0.25, 0.3) is 5.91 Å². The molecule has 27 heavy (non-hydrogen) atoms. The molecule has 3 aromatic carbocycles. The van der Waals surface area contributed by atoms with Crippen molar-refractivity contribution in [3.8, 4) is 0 Å². The highest BCUT2D eigenvalue weighted by molar-refractivity contribution is 6.05. The van der Waals surface area contributed by atoms with Gasteiger partial charge in [-0.3, -0.25) is 9.59 Å². The van der Waals surface area contributed by atoms with Gasteiger partial charge in [0.1, 0.15) is 5.82 Å². The molecule has 0 atom stereocenters. The summed E-state index contributed by atoms with van der Waals surface area (Å²) in [7, 11) is 0. The number of carbonyl (C=O) groups is 2. The number of hydrogen-bond donors (Lipinski definition) is 2. The normalized spacial score (nSPS) is 10.3. The average molecular weight is 362 g/mol. The first kappa shape index (κ1) is 18.3. The predicted octanol–water partition coefficient (Wildman–Crippen LogP) is 4.57. The van der Waals surface area contributed by atoms with Crippen LogP contribution in [-0.2, 0) is 11.2 Å². The van der Waals surface area contributed by atoms with E-state index in [1.807, 2.05) is 31.2 Å². The Hall–Kier alpha value is -3.47. The zero-order chi connectivity index (χ0) is 19.2. The molecule has 0 aliphatic heterocycles. The van der Waals surface area contributed by atoms with Gasteiger partial charge in [0, 0.05) is 16.9 Å². The topological polar surface area (TPSA) is 58.2 Å². The van der Waals surface area contributed by atoms with Crippen molar-refractivity contribution in [3.63, 3.8) is 0 Å². The summed E-state index contributed by atoms with van der Waals surface area (Å²) in [5.41, 5.74) is 3.27. The Kier molecular flexibility index (Phi) is 5.61. The first-order valence-corrected chi connectivity index (χ1v) is 8.52. The number of nitrogens with one attached hydrogen (secondary N) is 2. The van der Waals surface area contributed by atoms with Gasteiger partial charge in [-0.15, -0.1) is 0 Å². The van der Waals surface area contributed by atoms with E-state index in [0.29, 0.717) is 16.9 Å². The molecule has 4 nitrogen and oxygen atoms in total. The lowest BCUT2D eigenvalue weighted by molar-refractivity contribution is -0.115. The lowest BCUT2D eigenvalue weighted by Gasteiger charge is -2.09. The lowest BCUT2D eigenvalue weighted by Crippen LogP contribution is -2.16. The van der Waals surface area contributed by atoms with E-state index in [4.69, 9.17) is 0 Å². The fraction of sp³-hybridized carbons (Fsp3) is 0.0909. The number of halogens is 1. The molecular weight excluding hydrogens is 343 g/mol. The molecule has 3 aromatic rings. The van der Waals surface area contributed by atoms with Crippen molar-refractivity contribution in [3.05, 3.63) is 95.3 Å². The molecule has 0 bridgehead atoms. The summed E-state index contributed by atoms with van der Waals surface area (Å²) < 4.78 is 13.2. The van der Waals surface area contributed by atoms with Crippen LogP contribution in [0.4, 0.5) is 15.8 Å². The average Bonchev–Trinajstić information content (AvgIpc) is 2.64. The van der Waals surface area contributed by atoms with Crippen LogP contribution >= 0.6 is 0 Å². The van der Waals surface area contributed by atoms with Crippen LogP contribution in [0.5, 0.6) is 0 Å². The van der Waals surface area contributed by atoms with Gasteiger partial charge in [0.15, 0.2) is 0 Å². The highest BCUT2D eigenvalue weighted by Gasteiger charge is 2.10. The molecule has 2 N–H and O–H groups in total. The number of hydrogen-bond acceptors (Lipinski definition) is 2. The zero-order valence-electron chi connectivity index (χ0n) is 14.8. The maximum Gasteiger partial charge on any atom is 0.255 e. The van der Waals surface area contributed by atoms with Crippen LogP contribution in [0.2, 0.25) is 0 Å². The van der Waals surface area contributed by atoms with Crippen molar-refractivity contribution < 1.29 is 14.0 Å². The van der Waals surface area contributed by atoms with Gasteiger partial charge in [-0.05, 0) is 54.4 Å². The van der Waals surface area contributed by atoms with Gasteiger partial charge in [0.05, 0.1) is 6.42 Å². The van der Waals surface area contributed by atoms with Crippen molar-refractivity contribution in [1.29, 1.82) is 0 Å². The third-order valence-corrected chi connectivity index (χ3v) is 4.10. The van der Waals surface area contributed by atoms with Gasteiger partial charge in [-0.25, -0.2) is 4.39 Å². The molecule has 0 saturated heterocycles. The van der Waals surface area contributed by atoms with Crippen LogP contribution in [0, 0.1) is 12.7 Å². The first-order valence-electron chi connectivity index (χ1n) is 8.52. The summed E-state index contributed by atoms with van der Waals surface area (Å²) in [5.74, 6) is -0.965. The van der Waals surface area contributed by atoms with Crippen LogP contribution < -0.4 is 10.6 Å². The largest absolute Gasteiger partial charge is 0.326 e. The second-order valence-electron chi connectivity index (χ2n) is 6.20. The Morgan fingerprint density at radius 2 is 1.56 bits per heavy atom. The summed E-state index contributed by atoms with van der Waals surface area (Å²) in [4.78, 5) is 24.6. The van der Waals surface area contributed by atoms with E-state index in [1.54, 1.807) is 30.3 Å². The number of carbonyl (C=O) groups excluding carboxylic acids is 2. The summed E-state index contributed by atoms with van der Waals surface area (Å²) >= 11 is 0. The Balaban J connectivity index is 1.67. The van der Waals surface area contributed by atoms with Crippen molar-refractivity contribution in [1.82, 2.24) is 0 Å². The molecule has 0 unspecified atom stereocenters. The minimum Gasteiger partial charge on any atom is -0.326 e. The molecule has 0 aliphatic carbocycles. The summed E-state index contributed by atoms with van der Waals surface area (Å²) in [6, 6.07) is 20.0. The first-order chi connectivity index (χ1) is 13.0. The third-order valence-electron chi connectivity index (χ3n) is 4.10. The monoisotopic (exact) mass is 362 g/mol. The van der Waals surface area contributed by atoms with Crippen molar-refractivity contribution >= 4 is 23.2 Å². The molecular formula is C22H19FN2O2. The molecule has 0 fully saturated rings. The summed E-state index contributed by atoms with van der Waals surface area (Å²) in [6.45, 7) is 1.96. The van der Waals surface area contributed by atoms with Gasteiger partial charge in [-0.1, -0.05) is 36.4 Å². The van der Waals surface area contributed by atoms with Crippen molar-refractivity contribution in [2.75, 3.05) is 10.6 Å². The highest BCUT2D eigenvalue weighted by Crippen LogP contribution is 2.15. The fourth-order valence-corrected chi connectivity index (χ4v) is 2.69. The predicted molar refractivity (Wildman–Crippen MR) is 104 cm³/mol. The van der Waals surface area contributed by atoms with Crippen LogP contribution in [0.1, 0.15) is 21.5 Å². The van der Waals surface area contributed by atoms with Gasteiger partial charge in [-0.2, -0.15) is 0 Å². The van der Waals surface area contributed by atoms with E-state index < -0.39 is 5.82 Å².